The van der Waals surface area contributed by atoms with Gasteiger partial charge < -0.3 is 14.6 Å². The van der Waals surface area contributed by atoms with Gasteiger partial charge in [-0.05, 0) is 43.7 Å². The summed E-state index contributed by atoms with van der Waals surface area (Å²) in [4.78, 5) is 27.0. The van der Waals surface area contributed by atoms with Crippen molar-refractivity contribution in [1.82, 2.24) is 10.2 Å². The van der Waals surface area contributed by atoms with Gasteiger partial charge in [-0.2, -0.15) is 0 Å². The van der Waals surface area contributed by atoms with Crippen LogP contribution in [0.25, 0.3) is 11.0 Å². The number of furan rings is 1. The summed E-state index contributed by atoms with van der Waals surface area (Å²) in [6, 6.07) is 9.71. The van der Waals surface area contributed by atoms with Crippen LogP contribution in [0.1, 0.15) is 55.5 Å². The number of para-hydroxylation sites is 1. The summed E-state index contributed by atoms with van der Waals surface area (Å²) >= 11 is 0. The van der Waals surface area contributed by atoms with Crippen LogP contribution in [-0.4, -0.2) is 35.8 Å². The second kappa shape index (κ2) is 7.52. The van der Waals surface area contributed by atoms with Gasteiger partial charge in [-0.25, -0.2) is 0 Å². The number of likely N-dealkylation sites (tertiary alicyclic amines) is 1. The van der Waals surface area contributed by atoms with E-state index >= 15 is 0 Å². The zero-order valence-electron chi connectivity index (χ0n) is 15.1. The third-order valence-corrected chi connectivity index (χ3v) is 5.84. The first-order valence-corrected chi connectivity index (χ1v) is 9.78. The smallest absolute Gasteiger partial charge is 0.287 e. The molecule has 0 radical (unpaired) electrons. The number of carbonyl (C=O) groups is 2. The van der Waals surface area contributed by atoms with Crippen molar-refractivity contribution in [3.8, 4) is 0 Å². The van der Waals surface area contributed by atoms with Crippen molar-refractivity contribution in [2.45, 2.75) is 51.0 Å². The molecule has 1 aliphatic heterocycles. The molecule has 1 aliphatic carbocycles. The molecule has 2 heterocycles. The minimum atomic E-state index is -0.261. The van der Waals surface area contributed by atoms with E-state index < -0.39 is 0 Å². The summed E-state index contributed by atoms with van der Waals surface area (Å²) in [6.45, 7) is 1.22. The Kier molecular flexibility index (Phi) is 4.96. The molecule has 26 heavy (non-hydrogen) atoms. The van der Waals surface area contributed by atoms with Gasteiger partial charge in [0, 0.05) is 30.9 Å². The van der Waals surface area contributed by atoms with Crippen LogP contribution in [-0.2, 0) is 4.79 Å². The van der Waals surface area contributed by atoms with Crippen molar-refractivity contribution in [3.05, 3.63) is 36.1 Å². The molecule has 5 heteroatoms. The largest absolute Gasteiger partial charge is 0.451 e. The molecular weight excluding hydrogens is 328 g/mol. The molecule has 0 bridgehead atoms. The fourth-order valence-electron chi connectivity index (χ4n) is 4.54. The summed E-state index contributed by atoms with van der Waals surface area (Å²) < 4.78 is 5.57. The molecule has 1 saturated heterocycles. The Balaban J connectivity index is 1.30. The number of carbonyl (C=O) groups excluding carboxylic acids is 2. The molecule has 1 aromatic carbocycles. The van der Waals surface area contributed by atoms with Gasteiger partial charge in [0.05, 0.1) is 0 Å². The molecule has 4 rings (SSSR count). The zero-order chi connectivity index (χ0) is 17.9. The molecule has 2 fully saturated rings. The topological polar surface area (TPSA) is 62.6 Å². The van der Waals surface area contributed by atoms with Crippen molar-refractivity contribution in [2.75, 3.05) is 13.1 Å². The summed E-state index contributed by atoms with van der Waals surface area (Å²) in [7, 11) is 0. The highest BCUT2D eigenvalue weighted by molar-refractivity contribution is 5.96. The number of benzene rings is 1. The highest BCUT2D eigenvalue weighted by Gasteiger charge is 2.35. The van der Waals surface area contributed by atoms with Gasteiger partial charge >= 0.3 is 0 Å². The molecule has 2 atom stereocenters. The molecule has 138 valence electrons. The Hall–Kier alpha value is -2.30. The molecule has 2 unspecified atom stereocenters. The Morgan fingerprint density at radius 1 is 1.12 bits per heavy atom. The van der Waals surface area contributed by atoms with Crippen molar-refractivity contribution >= 4 is 22.8 Å². The molecule has 1 N–H and O–H groups in total. The average molecular weight is 354 g/mol. The van der Waals surface area contributed by atoms with Gasteiger partial charge in [-0.1, -0.05) is 31.0 Å². The van der Waals surface area contributed by atoms with Crippen molar-refractivity contribution in [2.24, 2.45) is 5.92 Å². The van der Waals surface area contributed by atoms with E-state index in [0.29, 0.717) is 36.3 Å². The lowest BCUT2D eigenvalue weighted by Gasteiger charge is -2.44. The zero-order valence-corrected chi connectivity index (χ0v) is 15.1. The minimum Gasteiger partial charge on any atom is -0.451 e. The Morgan fingerprint density at radius 3 is 2.81 bits per heavy atom. The van der Waals surface area contributed by atoms with Crippen LogP contribution in [0.5, 0.6) is 0 Å². The molecule has 0 spiro atoms. The van der Waals surface area contributed by atoms with E-state index in [4.69, 9.17) is 4.42 Å². The molecule has 5 nitrogen and oxygen atoms in total. The number of rotatable bonds is 4. The first-order chi connectivity index (χ1) is 12.7. The van der Waals surface area contributed by atoms with Crippen LogP contribution in [0.2, 0.25) is 0 Å². The van der Waals surface area contributed by atoms with Gasteiger partial charge in [0.1, 0.15) is 5.58 Å². The van der Waals surface area contributed by atoms with E-state index in [2.05, 4.69) is 10.2 Å². The lowest BCUT2D eigenvalue weighted by Crippen LogP contribution is -2.50. The summed E-state index contributed by atoms with van der Waals surface area (Å²) in [6.07, 6.45) is 7.66. The SMILES string of the molecule is O=C(NCCC(=O)N1CCCC2CCCCC21)c1cc2ccccc2o1. The quantitative estimate of drug-likeness (QED) is 0.910. The van der Waals surface area contributed by atoms with E-state index in [0.717, 1.165) is 24.8 Å². The second-order valence-electron chi connectivity index (χ2n) is 7.50. The average Bonchev–Trinajstić information content (AvgIpc) is 3.11. The molecule has 2 aromatic rings. The summed E-state index contributed by atoms with van der Waals surface area (Å²) in [5.41, 5.74) is 0.699. The minimum absolute atomic E-state index is 0.173. The van der Waals surface area contributed by atoms with Gasteiger partial charge in [0.25, 0.3) is 5.91 Å². The highest BCUT2D eigenvalue weighted by atomic mass is 16.3. The predicted octanol–water partition coefficient (Wildman–Crippen LogP) is 3.73. The number of nitrogens with zero attached hydrogens (tertiary/aromatic N) is 1. The van der Waals surface area contributed by atoms with Gasteiger partial charge in [0.2, 0.25) is 5.91 Å². The fourth-order valence-corrected chi connectivity index (χ4v) is 4.54. The molecule has 1 saturated carbocycles. The van der Waals surface area contributed by atoms with Gasteiger partial charge in [-0.15, -0.1) is 0 Å². The van der Waals surface area contributed by atoms with Crippen LogP contribution < -0.4 is 5.32 Å². The van der Waals surface area contributed by atoms with E-state index in [-0.39, 0.29) is 11.8 Å². The second-order valence-corrected chi connectivity index (χ2v) is 7.50. The van der Waals surface area contributed by atoms with Crippen LogP contribution in [0.3, 0.4) is 0 Å². The molecule has 2 amide bonds. The first-order valence-electron chi connectivity index (χ1n) is 9.78. The molecule has 2 aliphatic rings. The monoisotopic (exact) mass is 354 g/mol. The van der Waals surface area contributed by atoms with Crippen molar-refractivity contribution in [3.63, 3.8) is 0 Å². The third-order valence-electron chi connectivity index (χ3n) is 5.84. The van der Waals surface area contributed by atoms with Crippen LogP contribution in [0, 0.1) is 5.92 Å². The lowest BCUT2D eigenvalue weighted by molar-refractivity contribution is -0.137. The highest BCUT2D eigenvalue weighted by Crippen LogP contribution is 2.35. The molecule has 1 aromatic heterocycles. The summed E-state index contributed by atoms with van der Waals surface area (Å²) in [5, 5.41) is 3.73. The predicted molar refractivity (Wildman–Crippen MR) is 99.9 cm³/mol. The third kappa shape index (κ3) is 3.48. The number of hydrogen-bond donors (Lipinski definition) is 1. The van der Waals surface area contributed by atoms with Gasteiger partial charge in [0.15, 0.2) is 5.76 Å². The van der Waals surface area contributed by atoms with E-state index in [1.54, 1.807) is 6.07 Å². The van der Waals surface area contributed by atoms with Gasteiger partial charge in [-0.3, -0.25) is 9.59 Å². The van der Waals surface area contributed by atoms with Crippen LogP contribution in [0.15, 0.2) is 34.7 Å². The number of hydrogen-bond acceptors (Lipinski definition) is 3. The normalized spacial score (nSPS) is 22.8. The molecular formula is C21H26N2O3. The van der Waals surface area contributed by atoms with Crippen LogP contribution >= 0.6 is 0 Å². The fraction of sp³-hybridized carbons (Fsp3) is 0.524. The maximum absolute atomic E-state index is 12.7. The maximum Gasteiger partial charge on any atom is 0.287 e. The van der Waals surface area contributed by atoms with E-state index in [1.165, 1.54) is 25.7 Å². The Labute approximate surface area is 153 Å². The van der Waals surface area contributed by atoms with E-state index in [9.17, 15) is 9.59 Å². The Morgan fingerprint density at radius 2 is 1.92 bits per heavy atom. The Bertz CT molecular complexity index is 762. The lowest BCUT2D eigenvalue weighted by atomic mass is 9.78. The van der Waals surface area contributed by atoms with Crippen molar-refractivity contribution < 1.29 is 14.0 Å². The number of fused-ring (bicyclic) bond motifs is 2. The number of piperidine rings is 1. The van der Waals surface area contributed by atoms with Crippen LogP contribution in [0.4, 0.5) is 0 Å². The number of amides is 2. The first kappa shape index (κ1) is 17.1. The maximum atomic E-state index is 12.7. The number of nitrogens with one attached hydrogen (secondary N) is 1. The standard InChI is InChI=1S/C21H26N2O3/c24-20(23-13-5-8-15-6-1-3-9-17(15)23)11-12-22-21(25)19-14-16-7-2-4-10-18(16)26-19/h2,4,7,10,14-15,17H,1,3,5-6,8-9,11-13H2,(H,22,25). The summed E-state index contributed by atoms with van der Waals surface area (Å²) in [5.74, 6) is 0.894. The van der Waals surface area contributed by atoms with E-state index in [1.807, 2.05) is 24.3 Å². The van der Waals surface area contributed by atoms with Crippen molar-refractivity contribution in [1.29, 1.82) is 0 Å².